The van der Waals surface area contributed by atoms with E-state index in [0.29, 0.717) is 12.1 Å². The maximum atomic E-state index is 5.59. The molecule has 1 saturated carbocycles. The summed E-state index contributed by atoms with van der Waals surface area (Å²) < 4.78 is 5.59. The van der Waals surface area contributed by atoms with Crippen LogP contribution in [0.4, 0.5) is 0 Å². The van der Waals surface area contributed by atoms with Gasteiger partial charge in [-0.1, -0.05) is 0 Å². The van der Waals surface area contributed by atoms with Crippen molar-refractivity contribution in [3.05, 3.63) is 0 Å². The highest BCUT2D eigenvalue weighted by molar-refractivity contribution is 4.78. The molecular formula is C8H16N2O. The Labute approximate surface area is 67.5 Å². The Balaban J connectivity index is 1.59. The van der Waals surface area contributed by atoms with Crippen LogP contribution < -0.4 is 10.6 Å². The van der Waals surface area contributed by atoms with Crippen molar-refractivity contribution >= 4 is 0 Å². The van der Waals surface area contributed by atoms with Crippen LogP contribution >= 0.6 is 0 Å². The minimum atomic E-state index is 0.546. The Kier molecular flexibility index (Phi) is 2.41. The van der Waals surface area contributed by atoms with E-state index in [1.807, 2.05) is 0 Å². The fraction of sp³-hybridized carbons (Fsp3) is 1.00. The van der Waals surface area contributed by atoms with Gasteiger partial charge in [-0.25, -0.2) is 0 Å². The number of hydrogen-bond acceptors (Lipinski definition) is 3. The number of nitrogens with one attached hydrogen (secondary N) is 2. The first kappa shape index (κ1) is 7.53. The lowest BCUT2D eigenvalue weighted by atomic mass is 10.2. The van der Waals surface area contributed by atoms with E-state index in [9.17, 15) is 0 Å². The van der Waals surface area contributed by atoms with Gasteiger partial charge < -0.3 is 15.4 Å². The Morgan fingerprint density at radius 3 is 2.82 bits per heavy atom. The summed E-state index contributed by atoms with van der Waals surface area (Å²) in [7, 11) is 0. The molecular weight excluding hydrogens is 140 g/mol. The first-order valence-electron chi connectivity index (χ1n) is 4.51. The first-order valence-corrected chi connectivity index (χ1v) is 4.51. The molecule has 2 fully saturated rings. The molecule has 64 valence electrons. The summed E-state index contributed by atoms with van der Waals surface area (Å²) >= 11 is 0. The maximum absolute atomic E-state index is 5.59. The molecule has 1 aliphatic carbocycles. The summed E-state index contributed by atoms with van der Waals surface area (Å²) in [5.74, 6) is 0. The van der Waals surface area contributed by atoms with Gasteiger partial charge in [0.2, 0.25) is 0 Å². The summed E-state index contributed by atoms with van der Waals surface area (Å²) in [6.07, 6.45) is 3.15. The van der Waals surface area contributed by atoms with Gasteiger partial charge in [-0.2, -0.15) is 0 Å². The Bertz CT molecular complexity index is 119. The van der Waals surface area contributed by atoms with Gasteiger partial charge in [0.25, 0.3) is 0 Å². The van der Waals surface area contributed by atoms with E-state index in [1.165, 1.54) is 12.8 Å². The molecule has 2 N–H and O–H groups in total. The van der Waals surface area contributed by atoms with Crippen molar-refractivity contribution in [3.63, 3.8) is 0 Å². The smallest absolute Gasteiger partial charge is 0.0635 e. The van der Waals surface area contributed by atoms with Crippen molar-refractivity contribution in [3.8, 4) is 0 Å². The molecule has 2 rings (SSSR count). The Hall–Kier alpha value is -0.120. The van der Waals surface area contributed by atoms with Gasteiger partial charge >= 0.3 is 0 Å². The lowest BCUT2D eigenvalue weighted by Crippen LogP contribution is -2.50. The summed E-state index contributed by atoms with van der Waals surface area (Å²) in [4.78, 5) is 0. The molecule has 1 saturated heterocycles. The van der Waals surface area contributed by atoms with Crippen LogP contribution in [0.15, 0.2) is 0 Å². The SMILES string of the molecule is C1CNC(COC2CC2)CN1. The van der Waals surface area contributed by atoms with Crippen molar-refractivity contribution in [1.82, 2.24) is 10.6 Å². The largest absolute Gasteiger partial charge is 0.377 e. The zero-order valence-corrected chi connectivity index (χ0v) is 6.81. The molecule has 1 unspecified atom stereocenters. The molecule has 0 radical (unpaired) electrons. The van der Waals surface area contributed by atoms with Crippen LogP contribution in [-0.2, 0) is 4.74 Å². The van der Waals surface area contributed by atoms with Gasteiger partial charge in [-0.05, 0) is 12.8 Å². The van der Waals surface area contributed by atoms with Crippen LogP contribution in [0, 0.1) is 0 Å². The molecule has 0 aromatic rings. The summed E-state index contributed by atoms with van der Waals surface area (Å²) in [5, 5.41) is 6.75. The summed E-state index contributed by atoms with van der Waals surface area (Å²) in [6, 6.07) is 0.546. The molecule has 1 atom stereocenters. The zero-order valence-electron chi connectivity index (χ0n) is 6.81. The molecule has 2 aliphatic rings. The van der Waals surface area contributed by atoms with Crippen molar-refractivity contribution < 1.29 is 4.74 Å². The topological polar surface area (TPSA) is 33.3 Å². The van der Waals surface area contributed by atoms with Gasteiger partial charge in [0.05, 0.1) is 12.7 Å². The Morgan fingerprint density at radius 2 is 2.18 bits per heavy atom. The average Bonchev–Trinajstić information content (AvgIpc) is 2.86. The van der Waals surface area contributed by atoms with E-state index in [-0.39, 0.29) is 0 Å². The maximum Gasteiger partial charge on any atom is 0.0635 e. The normalized spacial score (nSPS) is 32.2. The molecule has 3 heteroatoms. The molecule has 11 heavy (non-hydrogen) atoms. The highest BCUT2D eigenvalue weighted by atomic mass is 16.5. The number of rotatable bonds is 3. The van der Waals surface area contributed by atoms with Crippen LogP contribution in [0.5, 0.6) is 0 Å². The van der Waals surface area contributed by atoms with Crippen molar-refractivity contribution in [1.29, 1.82) is 0 Å². The van der Waals surface area contributed by atoms with Gasteiger partial charge in [0.1, 0.15) is 0 Å². The minimum Gasteiger partial charge on any atom is -0.377 e. The lowest BCUT2D eigenvalue weighted by molar-refractivity contribution is 0.0936. The third-order valence-electron chi connectivity index (χ3n) is 2.18. The average molecular weight is 156 g/mol. The van der Waals surface area contributed by atoms with E-state index in [0.717, 1.165) is 26.2 Å². The second-order valence-electron chi connectivity index (χ2n) is 3.39. The monoisotopic (exact) mass is 156 g/mol. The van der Waals surface area contributed by atoms with Crippen LogP contribution in [0.25, 0.3) is 0 Å². The van der Waals surface area contributed by atoms with Crippen LogP contribution in [0.2, 0.25) is 0 Å². The van der Waals surface area contributed by atoms with Crippen LogP contribution in [-0.4, -0.2) is 38.4 Å². The number of ether oxygens (including phenoxy) is 1. The van der Waals surface area contributed by atoms with Crippen molar-refractivity contribution in [2.24, 2.45) is 0 Å². The molecule has 0 aromatic heterocycles. The fourth-order valence-corrected chi connectivity index (χ4v) is 1.32. The molecule has 3 nitrogen and oxygen atoms in total. The zero-order chi connectivity index (χ0) is 7.52. The van der Waals surface area contributed by atoms with Crippen molar-refractivity contribution in [2.45, 2.75) is 25.0 Å². The predicted octanol–water partition coefficient (Wildman–Crippen LogP) is -0.273. The van der Waals surface area contributed by atoms with E-state index >= 15 is 0 Å². The molecule has 0 bridgehead atoms. The predicted molar refractivity (Wildman–Crippen MR) is 43.6 cm³/mol. The number of hydrogen-bond donors (Lipinski definition) is 2. The van der Waals surface area contributed by atoms with Gasteiger partial charge in [-0.15, -0.1) is 0 Å². The third kappa shape index (κ3) is 2.43. The second kappa shape index (κ2) is 3.52. The van der Waals surface area contributed by atoms with Gasteiger partial charge in [-0.3, -0.25) is 0 Å². The molecule has 0 amide bonds. The van der Waals surface area contributed by atoms with E-state index in [2.05, 4.69) is 10.6 Å². The minimum absolute atomic E-state index is 0.546. The van der Waals surface area contributed by atoms with Gasteiger partial charge in [0, 0.05) is 25.7 Å². The van der Waals surface area contributed by atoms with E-state index in [4.69, 9.17) is 4.74 Å². The lowest BCUT2D eigenvalue weighted by Gasteiger charge is -2.24. The summed E-state index contributed by atoms with van der Waals surface area (Å²) in [5.41, 5.74) is 0. The molecule has 0 spiro atoms. The van der Waals surface area contributed by atoms with Crippen molar-refractivity contribution in [2.75, 3.05) is 26.2 Å². The Morgan fingerprint density at radius 1 is 1.27 bits per heavy atom. The van der Waals surface area contributed by atoms with Gasteiger partial charge in [0.15, 0.2) is 0 Å². The summed E-state index contributed by atoms with van der Waals surface area (Å²) in [6.45, 7) is 4.13. The highest BCUT2D eigenvalue weighted by Gasteiger charge is 2.23. The fourth-order valence-electron chi connectivity index (χ4n) is 1.32. The highest BCUT2D eigenvalue weighted by Crippen LogP contribution is 2.23. The van der Waals surface area contributed by atoms with Crippen LogP contribution in [0.3, 0.4) is 0 Å². The quantitative estimate of drug-likeness (QED) is 0.590. The standard InChI is InChI=1S/C8H16N2O/c1-2-8(1)11-6-7-5-9-3-4-10-7/h7-10H,1-6H2. The van der Waals surface area contributed by atoms with E-state index in [1.54, 1.807) is 0 Å². The van der Waals surface area contributed by atoms with E-state index < -0.39 is 0 Å². The second-order valence-corrected chi connectivity index (χ2v) is 3.39. The number of piperazine rings is 1. The molecule has 1 aliphatic heterocycles. The first-order chi connectivity index (χ1) is 5.45. The van der Waals surface area contributed by atoms with Crippen LogP contribution in [0.1, 0.15) is 12.8 Å². The molecule has 0 aromatic carbocycles. The molecule has 1 heterocycles. The third-order valence-corrected chi connectivity index (χ3v) is 2.18.